The van der Waals surface area contributed by atoms with Gasteiger partial charge in [-0.1, -0.05) is 49.4 Å². The van der Waals surface area contributed by atoms with E-state index in [-0.39, 0.29) is 18.7 Å². The minimum absolute atomic E-state index is 0.0162. The number of aliphatic hydroxyl groups is 1. The van der Waals surface area contributed by atoms with Crippen LogP contribution in [0.25, 0.3) is 10.8 Å². The molecule has 2 amide bonds. The van der Waals surface area contributed by atoms with Gasteiger partial charge >= 0.3 is 6.03 Å². The van der Waals surface area contributed by atoms with E-state index >= 15 is 0 Å². The van der Waals surface area contributed by atoms with Crippen molar-refractivity contribution in [1.82, 2.24) is 10.6 Å². The van der Waals surface area contributed by atoms with Crippen molar-refractivity contribution in [2.45, 2.75) is 32.4 Å². The van der Waals surface area contributed by atoms with Crippen LogP contribution in [0, 0.1) is 0 Å². The third-order valence-corrected chi connectivity index (χ3v) is 3.62. The van der Waals surface area contributed by atoms with E-state index in [1.54, 1.807) is 0 Å². The first-order valence-corrected chi connectivity index (χ1v) is 7.36. The molecule has 4 heteroatoms. The smallest absolute Gasteiger partial charge is 0.315 e. The van der Waals surface area contributed by atoms with E-state index in [0.29, 0.717) is 13.0 Å². The van der Waals surface area contributed by atoms with Gasteiger partial charge in [-0.25, -0.2) is 4.79 Å². The SMILES string of the molecule is CCC(CCO)NC(=O)NCc1cccc2ccccc12. The molecule has 4 nitrogen and oxygen atoms in total. The summed E-state index contributed by atoms with van der Waals surface area (Å²) in [5, 5.41) is 17.0. The molecule has 0 aliphatic heterocycles. The van der Waals surface area contributed by atoms with Gasteiger partial charge in [0.05, 0.1) is 0 Å². The number of nitrogens with one attached hydrogen (secondary N) is 2. The van der Waals surface area contributed by atoms with Gasteiger partial charge in [0.15, 0.2) is 0 Å². The van der Waals surface area contributed by atoms with Gasteiger partial charge in [-0.05, 0) is 29.2 Å². The lowest BCUT2D eigenvalue weighted by molar-refractivity contribution is 0.227. The van der Waals surface area contributed by atoms with Crippen molar-refractivity contribution in [2.75, 3.05) is 6.61 Å². The fraction of sp³-hybridized carbons (Fsp3) is 0.353. The Morgan fingerprint density at radius 1 is 1.19 bits per heavy atom. The fourth-order valence-electron chi connectivity index (χ4n) is 2.39. The Morgan fingerprint density at radius 3 is 2.71 bits per heavy atom. The van der Waals surface area contributed by atoms with E-state index in [1.165, 1.54) is 5.39 Å². The van der Waals surface area contributed by atoms with E-state index < -0.39 is 0 Å². The molecule has 0 aliphatic rings. The van der Waals surface area contributed by atoms with Crippen LogP contribution in [0.2, 0.25) is 0 Å². The van der Waals surface area contributed by atoms with Crippen LogP contribution >= 0.6 is 0 Å². The summed E-state index contributed by atoms with van der Waals surface area (Å²) in [6.07, 6.45) is 1.39. The van der Waals surface area contributed by atoms with Gasteiger partial charge < -0.3 is 15.7 Å². The summed E-state index contributed by atoms with van der Waals surface area (Å²) in [6.45, 7) is 2.57. The van der Waals surface area contributed by atoms with Gasteiger partial charge in [0, 0.05) is 19.2 Å². The normalized spacial score (nSPS) is 12.1. The molecule has 0 fully saturated rings. The Labute approximate surface area is 125 Å². The molecule has 1 unspecified atom stereocenters. The number of carbonyl (C=O) groups is 1. The minimum Gasteiger partial charge on any atom is -0.396 e. The maximum atomic E-state index is 11.9. The molecule has 2 aromatic rings. The Bertz CT molecular complexity index is 593. The topological polar surface area (TPSA) is 61.4 Å². The number of amides is 2. The van der Waals surface area contributed by atoms with Crippen LogP contribution in [-0.4, -0.2) is 23.8 Å². The summed E-state index contributed by atoms with van der Waals surface area (Å²) in [7, 11) is 0. The van der Waals surface area contributed by atoms with Gasteiger partial charge in [0.1, 0.15) is 0 Å². The van der Waals surface area contributed by atoms with Gasteiger partial charge in [0.25, 0.3) is 0 Å². The van der Waals surface area contributed by atoms with Gasteiger partial charge in [-0.3, -0.25) is 0 Å². The Morgan fingerprint density at radius 2 is 1.95 bits per heavy atom. The molecule has 0 spiro atoms. The molecule has 112 valence electrons. The quantitative estimate of drug-likeness (QED) is 0.764. The first kappa shape index (κ1) is 15.3. The summed E-state index contributed by atoms with van der Waals surface area (Å²) < 4.78 is 0. The molecule has 2 rings (SSSR count). The third-order valence-electron chi connectivity index (χ3n) is 3.62. The van der Waals surface area contributed by atoms with E-state index in [9.17, 15) is 4.79 Å². The molecule has 0 radical (unpaired) electrons. The van der Waals surface area contributed by atoms with Gasteiger partial charge in [-0.2, -0.15) is 0 Å². The van der Waals surface area contributed by atoms with Crippen molar-refractivity contribution in [1.29, 1.82) is 0 Å². The lowest BCUT2D eigenvalue weighted by Gasteiger charge is -2.16. The lowest BCUT2D eigenvalue weighted by Crippen LogP contribution is -2.41. The number of hydrogen-bond acceptors (Lipinski definition) is 2. The van der Waals surface area contributed by atoms with Crippen molar-refractivity contribution in [3.63, 3.8) is 0 Å². The second kappa shape index (κ2) is 7.64. The molecule has 0 heterocycles. The van der Waals surface area contributed by atoms with Crippen LogP contribution in [-0.2, 0) is 6.54 Å². The van der Waals surface area contributed by atoms with Crippen LogP contribution in [0.3, 0.4) is 0 Å². The van der Waals surface area contributed by atoms with Crippen LogP contribution in [0.4, 0.5) is 4.79 Å². The zero-order chi connectivity index (χ0) is 15.1. The van der Waals surface area contributed by atoms with Crippen molar-refractivity contribution in [3.8, 4) is 0 Å². The highest BCUT2D eigenvalue weighted by atomic mass is 16.3. The Hall–Kier alpha value is -2.07. The lowest BCUT2D eigenvalue weighted by atomic mass is 10.0. The molecule has 2 aromatic carbocycles. The maximum absolute atomic E-state index is 11.9. The van der Waals surface area contributed by atoms with Crippen LogP contribution in [0.1, 0.15) is 25.3 Å². The second-order valence-electron chi connectivity index (χ2n) is 5.08. The van der Waals surface area contributed by atoms with Gasteiger partial charge in [-0.15, -0.1) is 0 Å². The minimum atomic E-state index is -0.191. The molecule has 0 aromatic heterocycles. The second-order valence-corrected chi connectivity index (χ2v) is 5.08. The highest BCUT2D eigenvalue weighted by Gasteiger charge is 2.09. The Kier molecular flexibility index (Phi) is 5.58. The van der Waals surface area contributed by atoms with Gasteiger partial charge in [0.2, 0.25) is 0 Å². The molecule has 0 saturated heterocycles. The molecule has 0 bridgehead atoms. The highest BCUT2D eigenvalue weighted by molar-refractivity contribution is 5.86. The van der Waals surface area contributed by atoms with E-state index in [2.05, 4.69) is 28.8 Å². The van der Waals surface area contributed by atoms with Crippen LogP contribution in [0.5, 0.6) is 0 Å². The van der Waals surface area contributed by atoms with Crippen LogP contribution in [0.15, 0.2) is 42.5 Å². The predicted molar refractivity (Wildman–Crippen MR) is 85.1 cm³/mol. The molecule has 0 saturated carbocycles. The standard InChI is InChI=1S/C17H22N2O2/c1-2-15(10-11-20)19-17(21)18-12-14-8-5-7-13-6-3-4-9-16(13)14/h3-9,15,20H,2,10-12H2,1H3,(H2,18,19,21). The molecule has 3 N–H and O–H groups in total. The van der Waals surface area contributed by atoms with E-state index in [1.807, 2.05) is 31.2 Å². The number of benzene rings is 2. The number of rotatable bonds is 6. The number of urea groups is 1. The van der Waals surface area contributed by atoms with E-state index in [4.69, 9.17) is 5.11 Å². The summed E-state index contributed by atoms with van der Waals surface area (Å²) in [6, 6.07) is 14.0. The monoisotopic (exact) mass is 286 g/mol. The highest BCUT2D eigenvalue weighted by Crippen LogP contribution is 2.18. The van der Waals surface area contributed by atoms with Crippen molar-refractivity contribution < 1.29 is 9.90 Å². The average molecular weight is 286 g/mol. The third kappa shape index (κ3) is 4.20. The number of fused-ring (bicyclic) bond motifs is 1. The van der Waals surface area contributed by atoms with Crippen molar-refractivity contribution >= 4 is 16.8 Å². The zero-order valence-corrected chi connectivity index (χ0v) is 12.3. The number of aliphatic hydroxyl groups excluding tert-OH is 1. The first-order chi connectivity index (χ1) is 10.2. The molecule has 21 heavy (non-hydrogen) atoms. The molecule has 0 aliphatic carbocycles. The zero-order valence-electron chi connectivity index (χ0n) is 12.3. The molecular formula is C17H22N2O2. The summed E-state index contributed by atoms with van der Waals surface area (Å²) >= 11 is 0. The largest absolute Gasteiger partial charge is 0.396 e. The van der Waals surface area contributed by atoms with Crippen LogP contribution < -0.4 is 10.6 Å². The average Bonchev–Trinajstić information content (AvgIpc) is 2.52. The fourth-order valence-corrected chi connectivity index (χ4v) is 2.39. The number of hydrogen-bond donors (Lipinski definition) is 3. The Balaban J connectivity index is 1.97. The van der Waals surface area contributed by atoms with E-state index in [0.717, 1.165) is 17.4 Å². The van der Waals surface area contributed by atoms with Crippen molar-refractivity contribution in [3.05, 3.63) is 48.0 Å². The predicted octanol–water partition coefficient (Wildman–Crippen LogP) is 2.80. The maximum Gasteiger partial charge on any atom is 0.315 e. The first-order valence-electron chi connectivity index (χ1n) is 7.36. The summed E-state index contributed by atoms with van der Waals surface area (Å²) in [5.74, 6) is 0. The molecule has 1 atom stereocenters. The number of carbonyl (C=O) groups excluding carboxylic acids is 1. The van der Waals surface area contributed by atoms with Crippen molar-refractivity contribution in [2.24, 2.45) is 0 Å². The molecular weight excluding hydrogens is 264 g/mol. The summed E-state index contributed by atoms with van der Waals surface area (Å²) in [5.41, 5.74) is 1.10. The summed E-state index contributed by atoms with van der Waals surface area (Å²) in [4.78, 5) is 11.9.